The van der Waals surface area contributed by atoms with Crippen molar-refractivity contribution in [1.82, 2.24) is 9.88 Å². The Morgan fingerprint density at radius 3 is 2.54 bits per heavy atom. The van der Waals surface area contributed by atoms with Crippen LogP contribution in [0.2, 0.25) is 0 Å². The Labute approximate surface area is 216 Å². The number of hydrazine groups is 1. The van der Waals surface area contributed by atoms with Crippen LogP contribution in [-0.4, -0.2) is 49.0 Å². The maximum Gasteiger partial charge on any atom is 0.416 e. The fourth-order valence-corrected chi connectivity index (χ4v) is 4.51. The molecule has 0 saturated carbocycles. The van der Waals surface area contributed by atoms with Gasteiger partial charge in [-0.05, 0) is 49.9 Å². The zero-order valence-electron chi connectivity index (χ0n) is 20.4. The summed E-state index contributed by atoms with van der Waals surface area (Å²) in [6.45, 7) is 4.44. The van der Waals surface area contributed by atoms with Gasteiger partial charge in [0.05, 0.1) is 27.3 Å². The van der Waals surface area contributed by atoms with Crippen molar-refractivity contribution in [3.05, 3.63) is 75.9 Å². The molecule has 4 rings (SSSR count). The number of hydrogen-bond acceptors (Lipinski definition) is 8. The maximum atomic E-state index is 13.7. The fourth-order valence-electron chi connectivity index (χ4n) is 3.96. The number of aromatic nitrogens is 1. The van der Waals surface area contributed by atoms with Crippen molar-refractivity contribution in [2.45, 2.75) is 13.1 Å². The Kier molecular flexibility index (Phi) is 7.71. The molecule has 1 amide bonds. The number of amides is 1. The Hall–Kier alpha value is -3.61. The lowest BCUT2D eigenvalue weighted by Gasteiger charge is -2.34. The molecule has 12 heteroatoms. The van der Waals surface area contributed by atoms with E-state index in [4.69, 9.17) is 11.6 Å². The molecule has 2 heterocycles. The number of thiazole rings is 1. The maximum absolute atomic E-state index is 13.7. The number of piperazine rings is 1. The molecule has 0 aliphatic carbocycles. The van der Waals surface area contributed by atoms with Gasteiger partial charge in [0.25, 0.3) is 5.91 Å². The first kappa shape index (κ1) is 26.5. The molecule has 2 aromatic carbocycles. The van der Waals surface area contributed by atoms with Crippen molar-refractivity contribution in [3.8, 4) is 0 Å². The van der Waals surface area contributed by atoms with Crippen molar-refractivity contribution in [1.29, 1.82) is 0 Å². The van der Waals surface area contributed by atoms with Crippen LogP contribution >= 0.6 is 11.3 Å². The molecule has 0 atom stereocenters. The van der Waals surface area contributed by atoms with E-state index in [0.29, 0.717) is 35.8 Å². The molecule has 0 unspecified atom stereocenters. The summed E-state index contributed by atoms with van der Waals surface area (Å²) in [6.07, 6.45) is -1.42. The van der Waals surface area contributed by atoms with Crippen LogP contribution in [0.3, 0.4) is 0 Å². The largest absolute Gasteiger partial charge is 0.416 e. The lowest BCUT2D eigenvalue weighted by Crippen LogP contribution is -2.44. The minimum atomic E-state index is -4.58. The van der Waals surface area contributed by atoms with E-state index in [0.717, 1.165) is 35.7 Å². The average Bonchev–Trinajstić information content (AvgIpc) is 3.40. The van der Waals surface area contributed by atoms with Gasteiger partial charge in [0.2, 0.25) is 0 Å². The Balaban J connectivity index is 1.59. The van der Waals surface area contributed by atoms with Crippen LogP contribution < -0.4 is 26.8 Å². The number of aryl methyl sites for hydroxylation is 1. The SMILES string of the molecule is Cc1ccc(NC(=O)c2cc(N3CCN(C)CC3)cc(C(F)(F)F)c2)cc1N(N)/C=C(\N)c1cncs1. The minimum absolute atomic E-state index is 0.0789. The van der Waals surface area contributed by atoms with E-state index in [1.165, 1.54) is 28.6 Å². The number of carbonyl (C=O) groups excluding carboxylic acids is 1. The molecular formula is C25H28F3N7OS. The van der Waals surface area contributed by atoms with Gasteiger partial charge in [0.15, 0.2) is 0 Å². The number of rotatable bonds is 6. The van der Waals surface area contributed by atoms with E-state index in [-0.39, 0.29) is 5.56 Å². The third-order valence-electron chi connectivity index (χ3n) is 6.12. The number of nitrogens with zero attached hydrogens (tertiary/aromatic N) is 4. The third kappa shape index (κ3) is 6.40. The summed E-state index contributed by atoms with van der Waals surface area (Å²) in [6, 6.07) is 8.52. The second kappa shape index (κ2) is 10.8. The van der Waals surface area contributed by atoms with E-state index in [1.807, 2.05) is 18.9 Å². The monoisotopic (exact) mass is 531 g/mol. The second-order valence-corrected chi connectivity index (χ2v) is 9.76. The lowest BCUT2D eigenvalue weighted by atomic mass is 10.1. The predicted molar refractivity (Wildman–Crippen MR) is 141 cm³/mol. The van der Waals surface area contributed by atoms with Gasteiger partial charge < -0.3 is 20.9 Å². The fraction of sp³-hybridized carbons (Fsp3) is 0.280. The molecule has 0 spiro atoms. The van der Waals surface area contributed by atoms with Crippen molar-refractivity contribution in [3.63, 3.8) is 0 Å². The van der Waals surface area contributed by atoms with Crippen LogP contribution in [-0.2, 0) is 6.18 Å². The molecule has 1 aliphatic heterocycles. The summed E-state index contributed by atoms with van der Waals surface area (Å²) < 4.78 is 41.0. The first-order chi connectivity index (χ1) is 17.5. The van der Waals surface area contributed by atoms with Crippen LogP contribution in [0.25, 0.3) is 5.70 Å². The normalized spacial score (nSPS) is 15.1. The number of alkyl halides is 3. The molecular weight excluding hydrogens is 503 g/mol. The molecule has 0 bridgehead atoms. The molecule has 196 valence electrons. The first-order valence-corrected chi connectivity index (χ1v) is 12.4. The van der Waals surface area contributed by atoms with E-state index in [1.54, 1.807) is 29.9 Å². The third-order valence-corrected chi connectivity index (χ3v) is 6.94. The van der Waals surface area contributed by atoms with E-state index in [9.17, 15) is 18.0 Å². The molecule has 1 aliphatic rings. The van der Waals surface area contributed by atoms with Gasteiger partial charge in [0.1, 0.15) is 0 Å². The molecule has 1 saturated heterocycles. The first-order valence-electron chi connectivity index (χ1n) is 11.5. The van der Waals surface area contributed by atoms with Crippen molar-refractivity contribution in [2.75, 3.05) is 48.5 Å². The highest BCUT2D eigenvalue weighted by Crippen LogP contribution is 2.34. The number of halogens is 3. The quantitative estimate of drug-likeness (QED) is 0.325. The highest BCUT2D eigenvalue weighted by molar-refractivity contribution is 7.10. The molecule has 5 N–H and O–H groups in total. The van der Waals surface area contributed by atoms with Crippen LogP contribution in [0, 0.1) is 6.92 Å². The smallest absolute Gasteiger partial charge is 0.396 e. The number of likely N-dealkylation sites (N-methyl/N-ethyl adjacent to an activating group) is 1. The van der Waals surface area contributed by atoms with E-state index < -0.39 is 17.6 Å². The topological polar surface area (TPSA) is 104 Å². The molecule has 8 nitrogen and oxygen atoms in total. The predicted octanol–water partition coefficient (Wildman–Crippen LogP) is 4.11. The number of nitrogens with one attached hydrogen (secondary N) is 1. The van der Waals surface area contributed by atoms with Gasteiger partial charge in [-0.1, -0.05) is 6.07 Å². The lowest BCUT2D eigenvalue weighted by molar-refractivity contribution is -0.137. The van der Waals surface area contributed by atoms with Crippen LogP contribution in [0.5, 0.6) is 0 Å². The van der Waals surface area contributed by atoms with Gasteiger partial charge in [-0.15, -0.1) is 11.3 Å². The summed E-state index contributed by atoms with van der Waals surface area (Å²) in [5.74, 6) is 5.55. The molecule has 0 radical (unpaired) electrons. The number of nitrogens with two attached hydrogens (primary N) is 2. The van der Waals surface area contributed by atoms with Gasteiger partial charge in [-0.2, -0.15) is 13.2 Å². The van der Waals surface area contributed by atoms with Gasteiger partial charge >= 0.3 is 6.18 Å². The average molecular weight is 532 g/mol. The van der Waals surface area contributed by atoms with Crippen molar-refractivity contribution >= 4 is 40.0 Å². The zero-order chi connectivity index (χ0) is 26.7. The molecule has 3 aromatic rings. The number of carbonyl (C=O) groups is 1. The molecule has 37 heavy (non-hydrogen) atoms. The van der Waals surface area contributed by atoms with Crippen LogP contribution in [0.15, 0.2) is 54.3 Å². The summed E-state index contributed by atoms with van der Waals surface area (Å²) in [4.78, 5) is 21.8. The summed E-state index contributed by atoms with van der Waals surface area (Å²) in [5, 5.41) is 4.03. The van der Waals surface area contributed by atoms with E-state index in [2.05, 4.69) is 15.2 Å². The minimum Gasteiger partial charge on any atom is -0.396 e. The van der Waals surface area contributed by atoms with Gasteiger partial charge in [-0.3, -0.25) is 14.8 Å². The van der Waals surface area contributed by atoms with Crippen LogP contribution in [0.1, 0.15) is 26.4 Å². The number of benzene rings is 2. The van der Waals surface area contributed by atoms with Gasteiger partial charge in [0, 0.05) is 55.5 Å². The van der Waals surface area contributed by atoms with Crippen molar-refractivity contribution < 1.29 is 18.0 Å². The Morgan fingerprint density at radius 1 is 1.16 bits per heavy atom. The summed E-state index contributed by atoms with van der Waals surface area (Å²) >= 11 is 1.37. The summed E-state index contributed by atoms with van der Waals surface area (Å²) in [5.41, 5.74) is 9.34. The second-order valence-electron chi connectivity index (χ2n) is 8.87. The zero-order valence-corrected chi connectivity index (χ0v) is 21.2. The van der Waals surface area contributed by atoms with Crippen molar-refractivity contribution in [2.24, 2.45) is 11.6 Å². The van der Waals surface area contributed by atoms with Gasteiger partial charge in [-0.25, -0.2) is 5.84 Å². The van der Waals surface area contributed by atoms with Crippen LogP contribution in [0.4, 0.5) is 30.2 Å². The highest BCUT2D eigenvalue weighted by atomic mass is 32.1. The Bertz CT molecular complexity index is 1290. The molecule has 1 fully saturated rings. The molecule has 1 aromatic heterocycles. The number of hydrogen-bond donors (Lipinski definition) is 3. The van der Waals surface area contributed by atoms with E-state index >= 15 is 0 Å². The Morgan fingerprint density at radius 2 is 1.89 bits per heavy atom. The standard InChI is InChI=1S/C25H28F3N7OS/c1-16-3-4-19(12-22(16)35(30)14-21(29)23-13-31-15-37-23)32-24(36)17-9-18(25(26,27)28)11-20(10-17)34-7-5-33(2)6-8-34/h3-4,9-15H,5-8,29-30H2,1-2H3,(H,32,36)/b21-14-. The highest BCUT2D eigenvalue weighted by Gasteiger charge is 2.32. The number of anilines is 3. The summed E-state index contributed by atoms with van der Waals surface area (Å²) in [7, 11) is 1.96.